The Hall–Kier alpha value is -2.11. The first-order chi connectivity index (χ1) is 8.34. The minimum atomic E-state index is -1.10. The Labute approximate surface area is 106 Å². The van der Waals surface area contributed by atoms with Gasteiger partial charge in [-0.1, -0.05) is 0 Å². The maximum absolute atomic E-state index is 11.1. The molecular weight excluding hydrogens is 234 g/mol. The Morgan fingerprint density at radius 1 is 1.50 bits per heavy atom. The van der Waals surface area contributed by atoms with E-state index in [0.717, 1.165) is 5.01 Å². The summed E-state index contributed by atoms with van der Waals surface area (Å²) in [5.74, 6) is 0.594. The molecule has 1 rings (SSSR count). The highest BCUT2D eigenvalue weighted by molar-refractivity contribution is 5.80. The molecule has 0 aromatic carbocycles. The highest BCUT2D eigenvalue weighted by Gasteiger charge is 2.25. The zero-order chi connectivity index (χ0) is 13.8. The largest absolute Gasteiger partial charge is 0.495 e. The fraction of sp³-hybridized carbons (Fsp3) is 0.417. The Kier molecular flexibility index (Phi) is 4.25. The van der Waals surface area contributed by atoms with Crippen molar-refractivity contribution in [3.05, 3.63) is 24.0 Å². The molecule has 0 unspecified atom stereocenters. The summed E-state index contributed by atoms with van der Waals surface area (Å²) in [6.45, 7) is 5.30. The molecule has 0 bridgehead atoms. The predicted octanol–water partition coefficient (Wildman–Crippen LogP) is 2.20. The number of aromatic nitrogens is 1. The molecule has 98 valence electrons. The lowest BCUT2D eigenvalue weighted by molar-refractivity contribution is 0.103. The van der Waals surface area contributed by atoms with E-state index in [1.54, 1.807) is 39.2 Å². The van der Waals surface area contributed by atoms with Crippen molar-refractivity contribution in [2.45, 2.75) is 26.3 Å². The lowest BCUT2D eigenvalue weighted by Crippen LogP contribution is -2.41. The van der Waals surface area contributed by atoms with E-state index >= 15 is 0 Å². The van der Waals surface area contributed by atoms with Gasteiger partial charge in [-0.15, -0.1) is 0 Å². The molecule has 1 N–H and O–H groups in total. The van der Waals surface area contributed by atoms with E-state index in [0.29, 0.717) is 11.3 Å². The van der Waals surface area contributed by atoms with Crippen LogP contribution in [0.2, 0.25) is 0 Å². The van der Waals surface area contributed by atoms with Crippen molar-refractivity contribution in [2.75, 3.05) is 7.11 Å². The van der Waals surface area contributed by atoms with Crippen LogP contribution in [0.3, 0.4) is 0 Å². The van der Waals surface area contributed by atoms with Crippen LogP contribution in [-0.4, -0.2) is 40.1 Å². The fourth-order valence-corrected chi connectivity index (χ4v) is 1.25. The molecule has 0 atom stereocenters. The first kappa shape index (κ1) is 14.0. The lowest BCUT2D eigenvalue weighted by Gasteiger charge is -2.27. The van der Waals surface area contributed by atoms with Gasteiger partial charge >= 0.3 is 6.09 Å². The van der Waals surface area contributed by atoms with Crippen molar-refractivity contribution >= 4 is 12.3 Å². The van der Waals surface area contributed by atoms with Crippen molar-refractivity contribution in [2.24, 2.45) is 5.10 Å². The second-order valence-corrected chi connectivity index (χ2v) is 4.67. The zero-order valence-electron chi connectivity index (χ0n) is 10.9. The number of nitrogens with zero attached hydrogens (tertiary/aromatic N) is 3. The van der Waals surface area contributed by atoms with E-state index in [4.69, 9.17) is 9.84 Å². The molecule has 1 aromatic rings. The highest BCUT2D eigenvalue weighted by Crippen LogP contribution is 2.14. The number of methoxy groups -OCH3 is 1. The molecule has 0 spiro atoms. The Bertz CT molecular complexity index is 452. The molecule has 6 nitrogen and oxygen atoms in total. The third-order valence-electron chi connectivity index (χ3n) is 2.11. The third kappa shape index (κ3) is 3.73. The maximum atomic E-state index is 11.1. The van der Waals surface area contributed by atoms with Gasteiger partial charge < -0.3 is 9.84 Å². The predicted molar refractivity (Wildman–Crippen MR) is 68.0 cm³/mol. The van der Waals surface area contributed by atoms with Gasteiger partial charge in [0.15, 0.2) is 0 Å². The molecule has 0 aliphatic heterocycles. The summed E-state index contributed by atoms with van der Waals surface area (Å²) in [4.78, 5) is 15.0. The van der Waals surface area contributed by atoms with Gasteiger partial charge in [-0.2, -0.15) is 10.1 Å². The van der Waals surface area contributed by atoms with Gasteiger partial charge in [-0.25, -0.2) is 4.79 Å². The second-order valence-electron chi connectivity index (χ2n) is 4.67. The van der Waals surface area contributed by atoms with Gasteiger partial charge in [0.1, 0.15) is 5.75 Å². The summed E-state index contributed by atoms with van der Waals surface area (Å²) in [6, 6.07) is 1.72. The Morgan fingerprint density at radius 3 is 2.67 bits per heavy atom. The Morgan fingerprint density at radius 2 is 2.17 bits per heavy atom. The molecule has 1 amide bonds. The summed E-state index contributed by atoms with van der Waals surface area (Å²) in [7, 11) is 1.54. The number of hydrogen-bond donors (Lipinski definition) is 1. The summed E-state index contributed by atoms with van der Waals surface area (Å²) >= 11 is 0. The number of ether oxygens (including phenoxy) is 1. The molecule has 0 radical (unpaired) electrons. The summed E-state index contributed by atoms with van der Waals surface area (Å²) in [6.07, 6.45) is 3.48. The molecule has 0 aliphatic carbocycles. The van der Waals surface area contributed by atoms with Gasteiger partial charge in [-0.05, 0) is 26.8 Å². The van der Waals surface area contributed by atoms with Crippen LogP contribution < -0.4 is 4.74 Å². The minimum Gasteiger partial charge on any atom is -0.495 e. The number of rotatable bonds is 3. The zero-order valence-corrected chi connectivity index (χ0v) is 10.9. The van der Waals surface area contributed by atoms with E-state index < -0.39 is 11.6 Å². The van der Waals surface area contributed by atoms with Crippen LogP contribution in [0, 0.1) is 0 Å². The third-order valence-corrected chi connectivity index (χ3v) is 2.11. The number of amides is 1. The maximum Gasteiger partial charge on any atom is 0.428 e. The molecule has 18 heavy (non-hydrogen) atoms. The number of pyridine rings is 1. The van der Waals surface area contributed by atoms with E-state index in [9.17, 15) is 4.79 Å². The smallest absolute Gasteiger partial charge is 0.428 e. The van der Waals surface area contributed by atoms with Crippen LogP contribution in [0.25, 0.3) is 0 Å². The molecule has 0 saturated carbocycles. The van der Waals surface area contributed by atoms with Crippen LogP contribution in [-0.2, 0) is 0 Å². The quantitative estimate of drug-likeness (QED) is 0.660. The van der Waals surface area contributed by atoms with Crippen LogP contribution in [0.1, 0.15) is 26.3 Å². The first-order valence-corrected chi connectivity index (χ1v) is 5.41. The van der Waals surface area contributed by atoms with E-state index in [-0.39, 0.29) is 0 Å². The van der Waals surface area contributed by atoms with Crippen molar-refractivity contribution in [1.82, 2.24) is 9.99 Å². The lowest BCUT2D eigenvalue weighted by atomic mass is 10.1. The van der Waals surface area contributed by atoms with Crippen molar-refractivity contribution < 1.29 is 14.6 Å². The van der Waals surface area contributed by atoms with Crippen LogP contribution in [0.15, 0.2) is 23.6 Å². The Balaban J connectivity index is 2.93. The summed E-state index contributed by atoms with van der Waals surface area (Å²) in [5, 5.41) is 14.0. The SMILES string of the molecule is COc1cncc(C=NN(C(=O)O)C(C)(C)C)c1. The molecule has 0 fully saturated rings. The van der Waals surface area contributed by atoms with Gasteiger partial charge in [0.25, 0.3) is 0 Å². The van der Waals surface area contributed by atoms with Crippen LogP contribution in [0.4, 0.5) is 4.79 Å². The molecule has 6 heteroatoms. The number of carbonyl (C=O) groups is 1. The monoisotopic (exact) mass is 251 g/mol. The highest BCUT2D eigenvalue weighted by atomic mass is 16.5. The normalized spacial score (nSPS) is 11.6. The van der Waals surface area contributed by atoms with Gasteiger partial charge in [0.2, 0.25) is 0 Å². The second kappa shape index (κ2) is 5.48. The van der Waals surface area contributed by atoms with Gasteiger partial charge in [0, 0.05) is 11.8 Å². The van der Waals surface area contributed by atoms with Crippen molar-refractivity contribution in [1.29, 1.82) is 0 Å². The van der Waals surface area contributed by atoms with Crippen molar-refractivity contribution in [3.8, 4) is 5.75 Å². The summed E-state index contributed by atoms with van der Waals surface area (Å²) in [5.41, 5.74) is 0.0686. The molecule has 1 aromatic heterocycles. The van der Waals surface area contributed by atoms with E-state index in [2.05, 4.69) is 10.1 Å². The molecule has 0 aliphatic rings. The van der Waals surface area contributed by atoms with E-state index in [1.807, 2.05) is 0 Å². The van der Waals surface area contributed by atoms with Crippen LogP contribution in [0.5, 0.6) is 5.75 Å². The molecule has 0 saturated heterocycles. The summed E-state index contributed by atoms with van der Waals surface area (Å²) < 4.78 is 5.02. The molecular formula is C12H17N3O3. The topological polar surface area (TPSA) is 75.0 Å². The number of carboxylic acid groups (broad SMARTS) is 1. The first-order valence-electron chi connectivity index (χ1n) is 5.41. The number of hydrazone groups is 1. The van der Waals surface area contributed by atoms with Crippen LogP contribution >= 0.6 is 0 Å². The average Bonchev–Trinajstić information content (AvgIpc) is 2.27. The van der Waals surface area contributed by atoms with Gasteiger partial charge in [0.05, 0.1) is 25.1 Å². The number of hydrogen-bond acceptors (Lipinski definition) is 4. The fourth-order valence-electron chi connectivity index (χ4n) is 1.25. The van der Waals surface area contributed by atoms with E-state index in [1.165, 1.54) is 13.3 Å². The minimum absolute atomic E-state index is 0.594. The van der Waals surface area contributed by atoms with Gasteiger partial charge in [-0.3, -0.25) is 4.98 Å². The standard InChI is InChI=1S/C12H17N3O3/c1-12(2,3)15(11(16)17)14-7-9-5-10(18-4)8-13-6-9/h5-8H,1-4H3,(H,16,17). The average molecular weight is 251 g/mol. The molecule has 1 heterocycles. The van der Waals surface area contributed by atoms with Crippen molar-refractivity contribution in [3.63, 3.8) is 0 Å².